The molecular weight excluding hydrogens is 292 g/mol. The molecular formula is C14H14N2O4S. The first kappa shape index (κ1) is 13.7. The lowest BCUT2D eigenvalue weighted by atomic mass is 9.98. The van der Waals surface area contributed by atoms with Gasteiger partial charge in [0.05, 0.1) is 12.1 Å². The van der Waals surface area contributed by atoms with Gasteiger partial charge in [-0.3, -0.25) is 9.10 Å². The smallest absolute Gasteiger partial charge is 0.304 e. The molecule has 110 valence electrons. The Hall–Kier alpha value is -2.28. The minimum atomic E-state index is -3.67. The number of hydrogen-bond acceptors (Lipinski definition) is 3. The van der Waals surface area contributed by atoms with Crippen molar-refractivity contribution in [3.8, 4) is 0 Å². The number of H-pyrrole nitrogens is 1. The fourth-order valence-corrected chi connectivity index (χ4v) is 4.18. The Morgan fingerprint density at radius 3 is 2.76 bits per heavy atom. The number of para-hydroxylation sites is 1. The number of aromatic nitrogens is 1. The van der Waals surface area contributed by atoms with E-state index in [0.717, 1.165) is 5.56 Å². The molecule has 2 heterocycles. The van der Waals surface area contributed by atoms with Crippen LogP contribution >= 0.6 is 0 Å². The van der Waals surface area contributed by atoms with E-state index in [1.54, 1.807) is 30.5 Å². The number of anilines is 1. The molecule has 1 atom stereocenters. The number of nitrogens with one attached hydrogen (secondary N) is 1. The van der Waals surface area contributed by atoms with Crippen molar-refractivity contribution in [2.45, 2.75) is 17.2 Å². The molecule has 1 aromatic heterocycles. The molecule has 0 fully saturated rings. The normalized spacial score (nSPS) is 17.7. The second-order valence-electron chi connectivity index (χ2n) is 4.94. The number of carboxylic acids is 1. The second kappa shape index (κ2) is 4.92. The maximum absolute atomic E-state index is 12.6. The van der Waals surface area contributed by atoms with Gasteiger partial charge in [0.1, 0.15) is 4.90 Å². The first-order chi connectivity index (χ1) is 10.00. The number of sulfonamides is 1. The molecule has 0 spiro atoms. The van der Waals surface area contributed by atoms with E-state index in [1.165, 1.54) is 16.6 Å². The largest absolute Gasteiger partial charge is 0.481 e. The molecule has 0 saturated heterocycles. The maximum Gasteiger partial charge on any atom is 0.304 e. The number of benzene rings is 1. The zero-order chi connectivity index (χ0) is 15.0. The Balaban J connectivity index is 2.04. The highest BCUT2D eigenvalue weighted by atomic mass is 32.2. The van der Waals surface area contributed by atoms with Gasteiger partial charge in [-0.2, -0.15) is 0 Å². The lowest BCUT2D eigenvalue weighted by Crippen LogP contribution is -2.30. The predicted octanol–water partition coefficient (Wildman–Crippen LogP) is 1.78. The van der Waals surface area contributed by atoms with Gasteiger partial charge in [0, 0.05) is 24.9 Å². The van der Waals surface area contributed by atoms with Gasteiger partial charge in [0.25, 0.3) is 10.0 Å². The molecule has 2 aromatic rings. The monoisotopic (exact) mass is 306 g/mol. The van der Waals surface area contributed by atoms with Gasteiger partial charge in [-0.25, -0.2) is 8.42 Å². The third-order valence-electron chi connectivity index (χ3n) is 3.61. The highest BCUT2D eigenvalue weighted by Crippen LogP contribution is 2.40. The number of aromatic amines is 1. The van der Waals surface area contributed by atoms with Crippen molar-refractivity contribution in [2.24, 2.45) is 0 Å². The Bertz CT molecular complexity index is 768. The van der Waals surface area contributed by atoms with Crippen LogP contribution in [0, 0.1) is 0 Å². The number of fused-ring (bicyclic) bond motifs is 1. The fourth-order valence-electron chi connectivity index (χ4n) is 2.67. The van der Waals surface area contributed by atoms with Gasteiger partial charge in [-0.15, -0.1) is 0 Å². The number of carboxylic acid groups (broad SMARTS) is 1. The summed E-state index contributed by atoms with van der Waals surface area (Å²) in [4.78, 5) is 13.9. The quantitative estimate of drug-likeness (QED) is 0.901. The van der Waals surface area contributed by atoms with Crippen molar-refractivity contribution in [3.63, 3.8) is 0 Å². The van der Waals surface area contributed by atoms with Gasteiger partial charge >= 0.3 is 5.97 Å². The van der Waals surface area contributed by atoms with Crippen LogP contribution in [0.25, 0.3) is 0 Å². The number of hydrogen-bond donors (Lipinski definition) is 2. The standard InChI is InChI=1S/C14H14N2O4S/c17-14(18)7-10-9-16(13-4-2-1-3-12(10)13)21(19,20)11-5-6-15-8-11/h1-6,8,10,15H,7,9H2,(H,17,18). The van der Waals surface area contributed by atoms with Crippen LogP contribution < -0.4 is 4.31 Å². The molecule has 0 saturated carbocycles. The summed E-state index contributed by atoms with van der Waals surface area (Å²) in [6.07, 6.45) is 2.88. The van der Waals surface area contributed by atoms with Crippen LogP contribution in [-0.4, -0.2) is 31.0 Å². The number of carbonyl (C=O) groups is 1. The molecule has 3 rings (SSSR count). The van der Waals surface area contributed by atoms with Crippen LogP contribution in [0.2, 0.25) is 0 Å². The summed E-state index contributed by atoms with van der Waals surface area (Å²) in [6, 6.07) is 8.53. The molecule has 1 unspecified atom stereocenters. The summed E-state index contributed by atoms with van der Waals surface area (Å²) in [7, 11) is -3.67. The van der Waals surface area contributed by atoms with Gasteiger partial charge in [0.2, 0.25) is 0 Å². The van der Waals surface area contributed by atoms with Crippen LogP contribution in [0.5, 0.6) is 0 Å². The van der Waals surface area contributed by atoms with E-state index in [1.807, 2.05) is 0 Å². The number of aliphatic carboxylic acids is 1. The highest BCUT2D eigenvalue weighted by Gasteiger charge is 2.37. The third kappa shape index (κ3) is 2.29. The average Bonchev–Trinajstić information content (AvgIpc) is 3.07. The molecule has 1 aliphatic rings. The van der Waals surface area contributed by atoms with Gasteiger partial charge in [0.15, 0.2) is 0 Å². The Kier molecular flexibility index (Phi) is 3.21. The summed E-state index contributed by atoms with van der Waals surface area (Å²) < 4.78 is 26.6. The predicted molar refractivity (Wildman–Crippen MR) is 76.8 cm³/mol. The minimum Gasteiger partial charge on any atom is -0.481 e. The number of nitrogens with zero attached hydrogens (tertiary/aromatic N) is 1. The van der Waals surface area contributed by atoms with Crippen molar-refractivity contribution < 1.29 is 18.3 Å². The lowest BCUT2D eigenvalue weighted by Gasteiger charge is -2.19. The van der Waals surface area contributed by atoms with Gasteiger partial charge in [-0.05, 0) is 17.7 Å². The van der Waals surface area contributed by atoms with E-state index >= 15 is 0 Å². The fraction of sp³-hybridized carbons (Fsp3) is 0.214. The van der Waals surface area contributed by atoms with E-state index < -0.39 is 16.0 Å². The Labute approximate surface area is 122 Å². The summed E-state index contributed by atoms with van der Waals surface area (Å²) in [5.41, 5.74) is 1.32. The highest BCUT2D eigenvalue weighted by molar-refractivity contribution is 7.92. The molecule has 0 radical (unpaired) electrons. The molecule has 7 heteroatoms. The van der Waals surface area contributed by atoms with Gasteiger partial charge in [-0.1, -0.05) is 18.2 Å². The molecule has 0 bridgehead atoms. The Morgan fingerprint density at radius 2 is 2.10 bits per heavy atom. The molecule has 1 aliphatic heterocycles. The lowest BCUT2D eigenvalue weighted by molar-refractivity contribution is -0.137. The molecule has 0 amide bonds. The summed E-state index contributed by atoms with van der Waals surface area (Å²) in [6.45, 7) is 0.152. The summed E-state index contributed by atoms with van der Waals surface area (Å²) >= 11 is 0. The molecule has 21 heavy (non-hydrogen) atoms. The maximum atomic E-state index is 12.6. The SMILES string of the molecule is O=C(O)CC1CN(S(=O)(=O)c2cc[nH]c2)c2ccccc21. The summed E-state index contributed by atoms with van der Waals surface area (Å²) in [5, 5.41) is 9.00. The minimum absolute atomic E-state index is 0.0871. The van der Waals surface area contributed by atoms with E-state index in [9.17, 15) is 13.2 Å². The van der Waals surface area contributed by atoms with Crippen LogP contribution in [-0.2, 0) is 14.8 Å². The summed E-state index contributed by atoms with van der Waals surface area (Å²) in [5.74, 6) is -1.26. The van der Waals surface area contributed by atoms with E-state index in [4.69, 9.17) is 5.11 Å². The van der Waals surface area contributed by atoms with Crippen molar-refractivity contribution in [2.75, 3.05) is 10.8 Å². The Morgan fingerprint density at radius 1 is 1.33 bits per heavy atom. The molecule has 0 aliphatic carbocycles. The van der Waals surface area contributed by atoms with Crippen molar-refractivity contribution in [1.29, 1.82) is 0 Å². The van der Waals surface area contributed by atoms with Crippen molar-refractivity contribution in [3.05, 3.63) is 48.3 Å². The zero-order valence-corrected chi connectivity index (χ0v) is 11.9. The van der Waals surface area contributed by atoms with E-state index in [0.29, 0.717) is 5.69 Å². The topological polar surface area (TPSA) is 90.5 Å². The van der Waals surface area contributed by atoms with Crippen molar-refractivity contribution >= 4 is 21.7 Å². The second-order valence-corrected chi connectivity index (χ2v) is 6.80. The van der Waals surface area contributed by atoms with E-state index in [-0.39, 0.29) is 23.8 Å². The first-order valence-electron chi connectivity index (χ1n) is 6.46. The first-order valence-corrected chi connectivity index (χ1v) is 7.90. The molecule has 2 N–H and O–H groups in total. The van der Waals surface area contributed by atoms with Gasteiger partial charge < -0.3 is 10.1 Å². The third-order valence-corrected chi connectivity index (χ3v) is 5.39. The number of rotatable bonds is 4. The zero-order valence-electron chi connectivity index (χ0n) is 11.1. The average molecular weight is 306 g/mol. The molecule has 6 nitrogen and oxygen atoms in total. The molecule has 1 aromatic carbocycles. The van der Waals surface area contributed by atoms with Crippen LogP contribution in [0.1, 0.15) is 17.9 Å². The van der Waals surface area contributed by atoms with Crippen LogP contribution in [0.3, 0.4) is 0 Å². The van der Waals surface area contributed by atoms with Crippen molar-refractivity contribution in [1.82, 2.24) is 4.98 Å². The van der Waals surface area contributed by atoms with E-state index in [2.05, 4.69) is 4.98 Å². The van der Waals surface area contributed by atoms with Crippen LogP contribution in [0.4, 0.5) is 5.69 Å². The van der Waals surface area contributed by atoms with Crippen LogP contribution in [0.15, 0.2) is 47.6 Å².